The van der Waals surface area contributed by atoms with E-state index in [0.29, 0.717) is 11.8 Å². The second-order valence-corrected chi connectivity index (χ2v) is 2.73. The molecule has 0 spiro atoms. The van der Waals surface area contributed by atoms with Gasteiger partial charge in [-0.15, -0.1) is 0 Å². The molecule has 0 amide bonds. The van der Waals surface area contributed by atoms with Crippen LogP contribution in [0.3, 0.4) is 0 Å². The van der Waals surface area contributed by atoms with Crippen LogP contribution in [0.15, 0.2) is 24.3 Å². The third-order valence-electron chi connectivity index (χ3n) is 1.79. The van der Waals surface area contributed by atoms with Crippen molar-refractivity contribution in [3.8, 4) is 0 Å². The van der Waals surface area contributed by atoms with Gasteiger partial charge in [0.05, 0.1) is 0 Å². The average molecular weight is 174 g/mol. The minimum atomic E-state index is 0.621. The van der Waals surface area contributed by atoms with Crippen molar-refractivity contribution >= 4 is 18.6 Å². The smallest absolute Gasteiger partial charge is 0.150 e. The van der Waals surface area contributed by atoms with Crippen molar-refractivity contribution in [2.75, 3.05) is 0 Å². The van der Waals surface area contributed by atoms with Crippen molar-refractivity contribution in [1.29, 1.82) is 0 Å². The van der Waals surface area contributed by atoms with Crippen molar-refractivity contribution in [3.63, 3.8) is 0 Å². The summed E-state index contributed by atoms with van der Waals surface area (Å²) in [6, 6.07) is 5.36. The van der Waals surface area contributed by atoms with Crippen LogP contribution in [0, 0.1) is 6.92 Å². The van der Waals surface area contributed by atoms with Crippen LogP contribution >= 0.6 is 0 Å². The normalized spacial score (nSPS) is 10.2. The lowest BCUT2D eigenvalue weighted by molar-refractivity contribution is -0.104. The number of hydrogen-bond donors (Lipinski definition) is 0. The average Bonchev–Trinajstić information content (AvgIpc) is 2.17. The third-order valence-corrected chi connectivity index (χ3v) is 1.79. The van der Waals surface area contributed by atoms with Gasteiger partial charge in [0.25, 0.3) is 0 Å². The molecule has 0 aromatic heterocycles. The zero-order valence-corrected chi connectivity index (χ0v) is 7.36. The number of allylic oxidation sites excluding steroid dienone is 1. The minimum absolute atomic E-state index is 0.621. The van der Waals surface area contributed by atoms with Crippen LogP contribution in [0.25, 0.3) is 6.08 Å². The number of hydrogen-bond acceptors (Lipinski definition) is 2. The molecule has 66 valence electrons. The molecule has 0 atom stereocenters. The van der Waals surface area contributed by atoms with E-state index in [1.807, 2.05) is 13.0 Å². The molecule has 0 aliphatic heterocycles. The first-order valence-corrected chi connectivity index (χ1v) is 3.95. The Balaban J connectivity index is 3.10. The number of carbonyl (C=O) groups is 2. The lowest BCUT2D eigenvalue weighted by Gasteiger charge is -1.99. The molecule has 0 heterocycles. The first-order chi connectivity index (χ1) is 6.27. The zero-order chi connectivity index (χ0) is 9.68. The fraction of sp³-hybridized carbons (Fsp3) is 0.0909. The predicted molar refractivity (Wildman–Crippen MR) is 51.7 cm³/mol. The Hall–Kier alpha value is -1.70. The number of aldehydes is 2. The van der Waals surface area contributed by atoms with Gasteiger partial charge in [0, 0.05) is 5.56 Å². The Morgan fingerprint density at radius 2 is 2.00 bits per heavy atom. The maximum absolute atomic E-state index is 10.5. The molecule has 1 aromatic carbocycles. The van der Waals surface area contributed by atoms with Crippen molar-refractivity contribution < 1.29 is 9.59 Å². The number of benzene rings is 1. The lowest BCUT2D eigenvalue weighted by Crippen LogP contribution is -1.85. The summed E-state index contributed by atoms with van der Waals surface area (Å²) in [4.78, 5) is 20.5. The monoisotopic (exact) mass is 174 g/mol. The van der Waals surface area contributed by atoms with E-state index in [1.54, 1.807) is 18.2 Å². The highest BCUT2D eigenvalue weighted by Crippen LogP contribution is 2.11. The van der Waals surface area contributed by atoms with Gasteiger partial charge in [-0.2, -0.15) is 0 Å². The van der Waals surface area contributed by atoms with E-state index in [9.17, 15) is 9.59 Å². The van der Waals surface area contributed by atoms with Gasteiger partial charge in [-0.1, -0.05) is 18.2 Å². The van der Waals surface area contributed by atoms with Crippen LogP contribution in [0.4, 0.5) is 0 Å². The molecule has 1 aromatic rings. The molecular weight excluding hydrogens is 164 g/mol. The van der Waals surface area contributed by atoms with Crippen LogP contribution in [-0.4, -0.2) is 12.6 Å². The summed E-state index contributed by atoms with van der Waals surface area (Å²) in [5.74, 6) is 0. The fourth-order valence-corrected chi connectivity index (χ4v) is 1.05. The Morgan fingerprint density at radius 3 is 2.62 bits per heavy atom. The van der Waals surface area contributed by atoms with Crippen LogP contribution in [0.1, 0.15) is 21.5 Å². The summed E-state index contributed by atoms with van der Waals surface area (Å²) in [6.07, 6.45) is 4.61. The Bertz CT molecular complexity index is 351. The summed E-state index contributed by atoms with van der Waals surface area (Å²) >= 11 is 0. The standard InChI is InChI=1S/C11H10O2/c1-9-4-5-10(8-13)7-11(9)3-2-6-12/h2-8H,1H3. The molecule has 0 saturated carbocycles. The summed E-state index contributed by atoms with van der Waals surface area (Å²) < 4.78 is 0. The number of aryl methyl sites for hydroxylation is 1. The van der Waals surface area contributed by atoms with E-state index in [2.05, 4.69) is 0 Å². The number of rotatable bonds is 3. The maximum atomic E-state index is 10.5. The topological polar surface area (TPSA) is 34.1 Å². The molecule has 0 saturated heterocycles. The van der Waals surface area contributed by atoms with Crippen molar-refractivity contribution in [3.05, 3.63) is 41.0 Å². The molecule has 0 fully saturated rings. The van der Waals surface area contributed by atoms with Gasteiger partial charge in [0.1, 0.15) is 12.6 Å². The predicted octanol–water partition coefficient (Wildman–Crippen LogP) is 2.02. The van der Waals surface area contributed by atoms with Crippen LogP contribution in [-0.2, 0) is 4.79 Å². The van der Waals surface area contributed by atoms with Crippen LogP contribution in [0.2, 0.25) is 0 Å². The summed E-state index contributed by atoms with van der Waals surface area (Å²) in [7, 11) is 0. The molecule has 13 heavy (non-hydrogen) atoms. The molecule has 0 radical (unpaired) electrons. The Kier molecular flexibility index (Phi) is 3.15. The largest absolute Gasteiger partial charge is 0.299 e. The van der Waals surface area contributed by atoms with E-state index in [0.717, 1.165) is 17.4 Å². The van der Waals surface area contributed by atoms with Gasteiger partial charge >= 0.3 is 0 Å². The quantitative estimate of drug-likeness (QED) is 0.519. The molecule has 2 nitrogen and oxygen atoms in total. The summed E-state index contributed by atoms with van der Waals surface area (Å²) in [5, 5.41) is 0. The second-order valence-electron chi connectivity index (χ2n) is 2.73. The van der Waals surface area contributed by atoms with Crippen molar-refractivity contribution in [2.24, 2.45) is 0 Å². The molecule has 2 heteroatoms. The fourth-order valence-electron chi connectivity index (χ4n) is 1.05. The van der Waals surface area contributed by atoms with Gasteiger partial charge in [-0.05, 0) is 30.2 Å². The van der Waals surface area contributed by atoms with Crippen LogP contribution < -0.4 is 0 Å². The van der Waals surface area contributed by atoms with Gasteiger partial charge in [-0.3, -0.25) is 9.59 Å². The Morgan fingerprint density at radius 1 is 1.23 bits per heavy atom. The second kappa shape index (κ2) is 4.36. The molecule has 0 bridgehead atoms. The van der Waals surface area contributed by atoms with Gasteiger partial charge in [0.15, 0.2) is 0 Å². The Labute approximate surface area is 76.9 Å². The van der Waals surface area contributed by atoms with Gasteiger partial charge in [0.2, 0.25) is 0 Å². The lowest BCUT2D eigenvalue weighted by atomic mass is 10.1. The van der Waals surface area contributed by atoms with E-state index in [4.69, 9.17) is 0 Å². The highest BCUT2D eigenvalue weighted by Gasteiger charge is 1.95. The minimum Gasteiger partial charge on any atom is -0.299 e. The van der Waals surface area contributed by atoms with Crippen molar-refractivity contribution in [1.82, 2.24) is 0 Å². The summed E-state index contributed by atoms with van der Waals surface area (Å²) in [5.41, 5.74) is 2.57. The van der Waals surface area contributed by atoms with E-state index in [1.165, 1.54) is 6.08 Å². The molecular formula is C11H10O2. The van der Waals surface area contributed by atoms with E-state index in [-0.39, 0.29) is 0 Å². The molecule has 1 rings (SSSR count). The van der Waals surface area contributed by atoms with E-state index < -0.39 is 0 Å². The van der Waals surface area contributed by atoms with Gasteiger partial charge < -0.3 is 0 Å². The summed E-state index contributed by atoms with van der Waals surface area (Å²) in [6.45, 7) is 1.93. The molecule has 0 aliphatic carbocycles. The highest BCUT2D eigenvalue weighted by molar-refractivity contribution is 5.79. The first-order valence-electron chi connectivity index (χ1n) is 3.95. The first kappa shape index (κ1) is 9.39. The van der Waals surface area contributed by atoms with Gasteiger partial charge in [-0.25, -0.2) is 0 Å². The highest BCUT2D eigenvalue weighted by atomic mass is 16.1. The maximum Gasteiger partial charge on any atom is 0.150 e. The zero-order valence-electron chi connectivity index (χ0n) is 7.36. The SMILES string of the molecule is Cc1ccc(C=O)cc1C=CC=O. The third kappa shape index (κ3) is 2.37. The molecule has 0 aliphatic rings. The van der Waals surface area contributed by atoms with E-state index >= 15 is 0 Å². The molecule has 0 N–H and O–H groups in total. The van der Waals surface area contributed by atoms with Crippen molar-refractivity contribution in [2.45, 2.75) is 6.92 Å². The number of carbonyl (C=O) groups excluding carboxylic acids is 2. The molecule has 0 unspecified atom stereocenters. The van der Waals surface area contributed by atoms with Crippen LogP contribution in [0.5, 0.6) is 0 Å².